The van der Waals surface area contributed by atoms with Crippen molar-refractivity contribution in [2.75, 3.05) is 6.61 Å². The van der Waals surface area contributed by atoms with E-state index in [1.165, 1.54) is 270 Å². The van der Waals surface area contributed by atoms with Crippen molar-refractivity contribution in [2.24, 2.45) is 0 Å². The summed E-state index contributed by atoms with van der Waals surface area (Å²) in [5, 5.41) is 22.7. The number of unbranched alkanes of at least 4 members (excludes halogenated alkanes) is 44. The molecule has 2 atom stereocenters. The van der Waals surface area contributed by atoms with Gasteiger partial charge in [-0.2, -0.15) is 0 Å². The van der Waals surface area contributed by atoms with Gasteiger partial charge in [-0.1, -0.05) is 302 Å². The van der Waals surface area contributed by atoms with Crippen molar-refractivity contribution in [3.63, 3.8) is 0 Å². The number of allylic oxidation sites excluding steroid dienone is 1. The largest absolute Gasteiger partial charge is 0.394 e. The highest BCUT2D eigenvalue weighted by molar-refractivity contribution is 5.76. The van der Waals surface area contributed by atoms with Crippen LogP contribution in [-0.2, 0) is 4.79 Å². The van der Waals surface area contributed by atoms with Crippen molar-refractivity contribution >= 4 is 5.91 Å². The summed E-state index contributed by atoms with van der Waals surface area (Å²) < 4.78 is 0. The summed E-state index contributed by atoms with van der Waals surface area (Å²) in [6.07, 6.45) is 67.2. The molecule has 59 heavy (non-hydrogen) atoms. The predicted octanol–water partition coefficient (Wildman–Crippen LogP) is 17.8. The molecule has 1 amide bonds. The smallest absolute Gasteiger partial charge is 0.220 e. The lowest BCUT2D eigenvalue weighted by Gasteiger charge is -2.20. The highest BCUT2D eigenvalue weighted by Crippen LogP contribution is 2.18. The Labute approximate surface area is 371 Å². The summed E-state index contributed by atoms with van der Waals surface area (Å²) >= 11 is 0. The molecule has 0 aliphatic carbocycles. The lowest BCUT2D eigenvalue weighted by Crippen LogP contribution is -2.45. The van der Waals surface area contributed by atoms with Gasteiger partial charge >= 0.3 is 0 Å². The maximum atomic E-state index is 12.3. The molecule has 0 bridgehead atoms. The fourth-order valence-corrected chi connectivity index (χ4v) is 8.83. The number of rotatable bonds is 51. The first-order valence-corrected chi connectivity index (χ1v) is 27.4. The van der Waals surface area contributed by atoms with Gasteiger partial charge in [0.1, 0.15) is 0 Å². The number of amides is 1. The number of hydrogen-bond donors (Lipinski definition) is 3. The molecule has 4 heteroatoms. The van der Waals surface area contributed by atoms with Crippen molar-refractivity contribution in [2.45, 2.75) is 328 Å². The minimum atomic E-state index is -0.831. The van der Waals surface area contributed by atoms with Gasteiger partial charge < -0.3 is 15.5 Å². The molecule has 0 aliphatic heterocycles. The number of hydrogen-bond acceptors (Lipinski definition) is 3. The third kappa shape index (κ3) is 48.0. The van der Waals surface area contributed by atoms with Gasteiger partial charge in [-0.05, 0) is 19.3 Å². The molecule has 3 N–H and O–H groups in total. The molecular formula is C55H109NO3. The van der Waals surface area contributed by atoms with Crippen molar-refractivity contribution in [3.05, 3.63) is 12.2 Å². The zero-order valence-electron chi connectivity index (χ0n) is 40.6. The molecule has 352 valence electrons. The van der Waals surface area contributed by atoms with Crippen LogP contribution in [0, 0.1) is 0 Å². The van der Waals surface area contributed by atoms with E-state index in [4.69, 9.17) is 0 Å². The lowest BCUT2D eigenvalue weighted by atomic mass is 10.0. The predicted molar refractivity (Wildman–Crippen MR) is 263 cm³/mol. The second-order valence-corrected chi connectivity index (χ2v) is 19.0. The van der Waals surface area contributed by atoms with Crippen LogP contribution in [0.15, 0.2) is 12.2 Å². The van der Waals surface area contributed by atoms with Gasteiger partial charge in [0.15, 0.2) is 0 Å². The number of aliphatic hydroxyl groups is 2. The Morgan fingerprint density at radius 3 is 0.881 bits per heavy atom. The van der Waals surface area contributed by atoms with Crippen LogP contribution >= 0.6 is 0 Å². The molecule has 2 unspecified atom stereocenters. The molecule has 4 nitrogen and oxygen atoms in total. The third-order valence-corrected chi connectivity index (χ3v) is 13.0. The molecule has 0 heterocycles. The van der Waals surface area contributed by atoms with Gasteiger partial charge in [-0.3, -0.25) is 4.79 Å². The summed E-state index contributed by atoms with van der Waals surface area (Å²) in [4.78, 5) is 12.3. The van der Waals surface area contributed by atoms with E-state index in [1.807, 2.05) is 6.08 Å². The molecule has 0 saturated heterocycles. The summed E-state index contributed by atoms with van der Waals surface area (Å²) in [6, 6.07) is -0.614. The Kier molecular flexibility index (Phi) is 50.7. The number of aliphatic hydroxyl groups excluding tert-OH is 2. The molecule has 0 aliphatic rings. The zero-order chi connectivity index (χ0) is 42.8. The fraction of sp³-hybridized carbons (Fsp3) is 0.945. The van der Waals surface area contributed by atoms with Gasteiger partial charge in [0.25, 0.3) is 0 Å². The quantitative estimate of drug-likeness (QED) is 0.0422. The SMILES string of the molecule is CCCCCC/C=C/C(O)C(CO)NC(=O)CCCCCCCCCCCCCCCCCCCCCCCCCCCCCCCCCCCCCCCCCCC. The Morgan fingerprint density at radius 2 is 0.627 bits per heavy atom. The van der Waals surface area contributed by atoms with Crippen LogP contribution in [0.3, 0.4) is 0 Å². The molecule has 0 spiro atoms. The summed E-state index contributed by atoms with van der Waals surface area (Å²) in [7, 11) is 0. The number of carbonyl (C=O) groups excluding carboxylic acids is 1. The monoisotopic (exact) mass is 832 g/mol. The van der Waals surface area contributed by atoms with E-state index in [2.05, 4.69) is 19.2 Å². The molecular weight excluding hydrogens is 723 g/mol. The van der Waals surface area contributed by atoms with Crippen LogP contribution in [0.5, 0.6) is 0 Å². The van der Waals surface area contributed by atoms with Gasteiger partial charge in [0, 0.05) is 6.42 Å². The molecule has 0 radical (unpaired) electrons. The number of carbonyl (C=O) groups is 1. The van der Waals surface area contributed by atoms with E-state index in [-0.39, 0.29) is 12.5 Å². The van der Waals surface area contributed by atoms with E-state index in [9.17, 15) is 15.0 Å². The number of nitrogens with one attached hydrogen (secondary N) is 1. The van der Waals surface area contributed by atoms with Gasteiger partial charge in [-0.15, -0.1) is 0 Å². The van der Waals surface area contributed by atoms with Gasteiger partial charge in [0.2, 0.25) is 5.91 Å². The Morgan fingerprint density at radius 1 is 0.390 bits per heavy atom. The molecule has 0 rings (SSSR count). The minimum absolute atomic E-state index is 0.0637. The average molecular weight is 832 g/mol. The van der Waals surface area contributed by atoms with E-state index in [0.717, 1.165) is 25.7 Å². The van der Waals surface area contributed by atoms with Crippen molar-refractivity contribution in [3.8, 4) is 0 Å². The lowest BCUT2D eigenvalue weighted by molar-refractivity contribution is -0.123. The Hall–Kier alpha value is -0.870. The van der Waals surface area contributed by atoms with Crippen LogP contribution in [0.1, 0.15) is 316 Å². The van der Waals surface area contributed by atoms with Crippen LogP contribution in [0.25, 0.3) is 0 Å². The second kappa shape index (κ2) is 51.5. The summed E-state index contributed by atoms with van der Waals surface area (Å²) in [5.41, 5.74) is 0. The van der Waals surface area contributed by atoms with Crippen LogP contribution in [0.4, 0.5) is 0 Å². The van der Waals surface area contributed by atoms with E-state index >= 15 is 0 Å². The molecule has 0 saturated carbocycles. The van der Waals surface area contributed by atoms with Crippen molar-refractivity contribution in [1.29, 1.82) is 0 Å². The van der Waals surface area contributed by atoms with E-state index in [1.54, 1.807) is 6.08 Å². The molecule has 0 aromatic heterocycles. The first kappa shape index (κ1) is 58.1. The maximum Gasteiger partial charge on any atom is 0.220 e. The highest BCUT2D eigenvalue weighted by atomic mass is 16.3. The minimum Gasteiger partial charge on any atom is -0.394 e. The highest BCUT2D eigenvalue weighted by Gasteiger charge is 2.18. The van der Waals surface area contributed by atoms with E-state index < -0.39 is 12.1 Å². The Bertz CT molecular complexity index is 814. The second-order valence-electron chi connectivity index (χ2n) is 19.0. The van der Waals surface area contributed by atoms with Crippen LogP contribution < -0.4 is 5.32 Å². The van der Waals surface area contributed by atoms with Crippen LogP contribution in [0.2, 0.25) is 0 Å². The fourth-order valence-electron chi connectivity index (χ4n) is 8.83. The van der Waals surface area contributed by atoms with Gasteiger partial charge in [0.05, 0.1) is 18.8 Å². The Balaban J connectivity index is 3.25. The van der Waals surface area contributed by atoms with Crippen molar-refractivity contribution < 1.29 is 15.0 Å². The van der Waals surface area contributed by atoms with E-state index in [0.29, 0.717) is 6.42 Å². The maximum absolute atomic E-state index is 12.3. The topological polar surface area (TPSA) is 69.6 Å². The molecule has 0 aromatic rings. The molecule has 0 aromatic carbocycles. The summed E-state index contributed by atoms with van der Waals surface area (Å²) in [5.74, 6) is -0.0637. The standard InChI is InChI=1S/C55H109NO3/c1-3-5-7-9-11-12-13-14-15-16-17-18-19-20-21-22-23-24-25-26-27-28-29-30-31-32-33-34-35-36-37-38-39-40-41-42-43-44-45-47-49-51-55(59)56-53(52-57)54(58)50-48-46-10-8-6-4-2/h48,50,53-54,57-58H,3-47,49,51-52H2,1-2H3,(H,56,59)/b50-48+. The first-order chi connectivity index (χ1) is 29.2. The zero-order valence-corrected chi connectivity index (χ0v) is 40.6. The normalized spacial score (nSPS) is 12.8. The molecule has 0 fully saturated rings. The van der Waals surface area contributed by atoms with Crippen molar-refractivity contribution in [1.82, 2.24) is 5.32 Å². The summed E-state index contributed by atoms with van der Waals surface area (Å²) in [6.45, 7) is 4.26. The van der Waals surface area contributed by atoms with Gasteiger partial charge in [-0.25, -0.2) is 0 Å². The third-order valence-electron chi connectivity index (χ3n) is 13.0. The first-order valence-electron chi connectivity index (χ1n) is 27.4. The van der Waals surface area contributed by atoms with Crippen LogP contribution in [-0.4, -0.2) is 34.9 Å². The average Bonchev–Trinajstić information content (AvgIpc) is 3.24.